The Morgan fingerprint density at radius 3 is 2.50 bits per heavy atom. The number of hydrogen-bond acceptors (Lipinski definition) is 5. The molecule has 8 heteroatoms. The zero-order chi connectivity index (χ0) is 14.9. The van der Waals surface area contributed by atoms with Gasteiger partial charge in [0.2, 0.25) is 0 Å². The van der Waals surface area contributed by atoms with Gasteiger partial charge in [-0.2, -0.15) is 0 Å². The summed E-state index contributed by atoms with van der Waals surface area (Å²) in [6, 6.07) is 3.89. The second kappa shape index (κ2) is 4.80. The number of nitrogens with zero attached hydrogens (tertiary/aromatic N) is 1. The summed E-state index contributed by atoms with van der Waals surface area (Å²) in [7, 11) is 1.42. The molecule has 1 aromatic carbocycles. The van der Waals surface area contributed by atoms with Crippen LogP contribution in [-0.2, 0) is 4.79 Å². The zero-order valence-electron chi connectivity index (χ0n) is 10.7. The summed E-state index contributed by atoms with van der Waals surface area (Å²) in [4.78, 5) is 33.0. The van der Waals surface area contributed by atoms with Crippen LogP contribution in [0.5, 0.6) is 0 Å². The molecule has 0 aromatic heterocycles. The maximum absolute atomic E-state index is 11.5. The number of nitro groups is 1. The van der Waals surface area contributed by atoms with Gasteiger partial charge < -0.3 is 15.7 Å². The van der Waals surface area contributed by atoms with Crippen molar-refractivity contribution in [2.45, 2.75) is 18.4 Å². The van der Waals surface area contributed by atoms with Crippen LogP contribution < -0.4 is 10.6 Å². The highest BCUT2D eigenvalue weighted by atomic mass is 16.6. The Kier molecular flexibility index (Phi) is 3.31. The molecule has 0 heterocycles. The molecule has 1 aliphatic carbocycles. The van der Waals surface area contributed by atoms with Gasteiger partial charge in [0.05, 0.1) is 4.92 Å². The number of carboxylic acid groups (broad SMARTS) is 1. The molecule has 8 nitrogen and oxygen atoms in total. The van der Waals surface area contributed by atoms with Crippen molar-refractivity contribution >= 4 is 23.3 Å². The number of amides is 1. The van der Waals surface area contributed by atoms with Crippen LogP contribution >= 0.6 is 0 Å². The van der Waals surface area contributed by atoms with E-state index >= 15 is 0 Å². The number of carbonyl (C=O) groups is 2. The number of carbonyl (C=O) groups excluding carboxylic acids is 1. The first-order chi connectivity index (χ1) is 9.39. The highest BCUT2D eigenvalue weighted by molar-refractivity contribution is 5.96. The number of nitrogens with one attached hydrogen (secondary N) is 2. The normalized spacial score (nSPS) is 15.2. The lowest BCUT2D eigenvalue weighted by Crippen LogP contribution is -2.31. The Morgan fingerprint density at radius 2 is 2.05 bits per heavy atom. The number of aliphatic carboxylic acids is 1. The summed E-state index contributed by atoms with van der Waals surface area (Å²) in [5.41, 5.74) is -1.20. The van der Waals surface area contributed by atoms with E-state index in [9.17, 15) is 19.7 Å². The Morgan fingerprint density at radius 1 is 1.40 bits per heavy atom. The van der Waals surface area contributed by atoms with Crippen molar-refractivity contribution in [3.05, 3.63) is 33.9 Å². The molecule has 0 saturated heterocycles. The molecule has 0 radical (unpaired) electrons. The Balaban J connectivity index is 2.36. The molecule has 1 amide bonds. The van der Waals surface area contributed by atoms with Crippen molar-refractivity contribution < 1.29 is 19.6 Å². The second-order valence-electron chi connectivity index (χ2n) is 4.58. The van der Waals surface area contributed by atoms with Gasteiger partial charge in [-0.15, -0.1) is 0 Å². The number of hydrogen-bond donors (Lipinski definition) is 3. The number of carboxylic acids is 1. The van der Waals surface area contributed by atoms with Gasteiger partial charge in [0.1, 0.15) is 11.2 Å². The van der Waals surface area contributed by atoms with Gasteiger partial charge in [0, 0.05) is 18.7 Å². The third-order valence-electron chi connectivity index (χ3n) is 3.22. The van der Waals surface area contributed by atoms with Crippen LogP contribution in [0.4, 0.5) is 11.4 Å². The quantitative estimate of drug-likeness (QED) is 0.545. The largest absolute Gasteiger partial charge is 0.480 e. The van der Waals surface area contributed by atoms with E-state index in [1.54, 1.807) is 0 Å². The first-order valence-electron chi connectivity index (χ1n) is 5.92. The summed E-state index contributed by atoms with van der Waals surface area (Å²) in [5, 5.41) is 25.2. The van der Waals surface area contributed by atoms with Crippen molar-refractivity contribution in [3.8, 4) is 0 Å². The van der Waals surface area contributed by atoms with Crippen molar-refractivity contribution in [3.63, 3.8) is 0 Å². The predicted molar refractivity (Wildman–Crippen MR) is 69.7 cm³/mol. The number of nitro benzene ring substituents is 1. The maximum Gasteiger partial charge on any atom is 0.329 e. The van der Waals surface area contributed by atoms with Crippen molar-refractivity contribution in [2.24, 2.45) is 0 Å². The fourth-order valence-corrected chi connectivity index (χ4v) is 1.85. The smallest absolute Gasteiger partial charge is 0.329 e. The molecule has 1 aliphatic rings. The van der Waals surface area contributed by atoms with Crippen LogP contribution in [0.2, 0.25) is 0 Å². The molecule has 106 valence electrons. The third kappa shape index (κ3) is 2.40. The van der Waals surface area contributed by atoms with Gasteiger partial charge in [-0.3, -0.25) is 14.9 Å². The molecule has 0 aliphatic heterocycles. The topological polar surface area (TPSA) is 122 Å². The van der Waals surface area contributed by atoms with Crippen molar-refractivity contribution in [1.29, 1.82) is 0 Å². The average Bonchev–Trinajstić information content (AvgIpc) is 3.19. The molecule has 0 bridgehead atoms. The summed E-state index contributed by atoms with van der Waals surface area (Å²) in [5.74, 6) is -1.49. The van der Waals surface area contributed by atoms with Gasteiger partial charge in [-0.1, -0.05) is 0 Å². The van der Waals surface area contributed by atoms with E-state index in [4.69, 9.17) is 5.11 Å². The Labute approximate surface area is 113 Å². The fourth-order valence-electron chi connectivity index (χ4n) is 1.85. The molecule has 0 atom stereocenters. The second-order valence-corrected chi connectivity index (χ2v) is 4.58. The van der Waals surface area contributed by atoms with Crippen LogP contribution in [0.1, 0.15) is 23.2 Å². The van der Waals surface area contributed by atoms with E-state index < -0.39 is 22.3 Å². The fraction of sp³-hybridized carbons (Fsp3) is 0.333. The van der Waals surface area contributed by atoms with E-state index in [1.165, 1.54) is 19.2 Å². The van der Waals surface area contributed by atoms with Crippen LogP contribution in [0.25, 0.3) is 0 Å². The lowest BCUT2D eigenvalue weighted by Gasteiger charge is -2.14. The molecule has 20 heavy (non-hydrogen) atoms. The monoisotopic (exact) mass is 279 g/mol. The first-order valence-corrected chi connectivity index (χ1v) is 5.92. The minimum atomic E-state index is -1.13. The maximum atomic E-state index is 11.5. The molecule has 0 unspecified atom stereocenters. The summed E-state index contributed by atoms with van der Waals surface area (Å²) in [6.07, 6.45) is 0.827. The number of benzene rings is 1. The van der Waals surface area contributed by atoms with E-state index in [1.807, 2.05) is 0 Å². The lowest BCUT2D eigenvalue weighted by atomic mass is 10.1. The summed E-state index contributed by atoms with van der Waals surface area (Å²) in [6.45, 7) is 0. The molecule has 1 aromatic rings. The summed E-state index contributed by atoms with van der Waals surface area (Å²) >= 11 is 0. The molecule has 2 rings (SSSR count). The molecule has 1 fully saturated rings. The van der Waals surface area contributed by atoms with E-state index in [0.717, 1.165) is 6.07 Å². The van der Waals surface area contributed by atoms with Crippen LogP contribution in [0.3, 0.4) is 0 Å². The molecular formula is C12H13N3O5. The predicted octanol–water partition coefficient (Wildman–Crippen LogP) is 0.983. The van der Waals surface area contributed by atoms with Crippen LogP contribution in [0, 0.1) is 10.1 Å². The minimum Gasteiger partial charge on any atom is -0.480 e. The third-order valence-corrected chi connectivity index (χ3v) is 3.22. The Bertz CT molecular complexity index is 595. The van der Waals surface area contributed by atoms with Crippen LogP contribution in [0.15, 0.2) is 18.2 Å². The lowest BCUT2D eigenvalue weighted by molar-refractivity contribution is -0.384. The van der Waals surface area contributed by atoms with Crippen LogP contribution in [-0.4, -0.2) is 34.5 Å². The van der Waals surface area contributed by atoms with E-state index in [0.29, 0.717) is 12.8 Å². The number of anilines is 1. The first kappa shape index (κ1) is 13.8. The van der Waals surface area contributed by atoms with Crippen molar-refractivity contribution in [2.75, 3.05) is 12.4 Å². The van der Waals surface area contributed by atoms with Gasteiger partial charge >= 0.3 is 5.97 Å². The van der Waals surface area contributed by atoms with Gasteiger partial charge in [-0.05, 0) is 25.0 Å². The summed E-state index contributed by atoms with van der Waals surface area (Å²) < 4.78 is 0. The standard InChI is InChI=1S/C12H13N3O5/c1-13-10(16)7-2-3-8(9(6-7)15(19)20)14-12(4-5-12)11(17)18/h2-3,6,14H,4-5H2,1H3,(H,13,16)(H,17,18). The zero-order valence-corrected chi connectivity index (χ0v) is 10.7. The van der Waals surface area contributed by atoms with Gasteiger partial charge in [-0.25, -0.2) is 4.79 Å². The average molecular weight is 279 g/mol. The van der Waals surface area contributed by atoms with Crippen molar-refractivity contribution in [1.82, 2.24) is 5.32 Å². The molecule has 3 N–H and O–H groups in total. The SMILES string of the molecule is CNC(=O)c1ccc(NC2(C(=O)O)CC2)c([N+](=O)[O-])c1. The molecular weight excluding hydrogens is 266 g/mol. The molecule has 0 spiro atoms. The minimum absolute atomic E-state index is 0.0996. The molecule has 1 saturated carbocycles. The van der Waals surface area contributed by atoms with E-state index in [2.05, 4.69) is 10.6 Å². The number of rotatable bonds is 5. The van der Waals surface area contributed by atoms with Gasteiger partial charge in [0.25, 0.3) is 11.6 Å². The highest BCUT2D eigenvalue weighted by Gasteiger charge is 2.51. The van der Waals surface area contributed by atoms with E-state index in [-0.39, 0.29) is 16.9 Å². The van der Waals surface area contributed by atoms with Gasteiger partial charge in [0.15, 0.2) is 0 Å². The Hall–Kier alpha value is -2.64. The highest BCUT2D eigenvalue weighted by Crippen LogP contribution is 2.41.